The van der Waals surface area contributed by atoms with Crippen molar-refractivity contribution >= 4 is 11.0 Å². The van der Waals surface area contributed by atoms with Crippen molar-refractivity contribution in [3.63, 3.8) is 0 Å². The third-order valence-electron chi connectivity index (χ3n) is 11.8. The van der Waals surface area contributed by atoms with Gasteiger partial charge in [-0.1, -0.05) is 172 Å². The third-order valence-corrected chi connectivity index (χ3v) is 11.8. The van der Waals surface area contributed by atoms with Gasteiger partial charge in [-0.2, -0.15) is 0 Å². The standard InChI is InChI=1S/C57H58N3O.Pt/c1-36(2)48-35-43(27-28-45(48)46-17-12-14-20-49(46)57(9,10)11)60-51-21-16-19-44(53(51)59-54(60)47-18-13-15-22-52(47)61)39-31-40(33-42(32-39)56(6,7)8)50-34-38(29-30-58-50)37-23-25-41(26-24-37)55(3,4)5;/h12-30,32-36,61H,1-11H3;/q-1;/i36D;. The molecular weight excluding hydrogens is 938 g/mol. The summed E-state index contributed by atoms with van der Waals surface area (Å²) in [5, 5.41) is 11.4. The molecule has 0 fully saturated rings. The average molecular weight is 997 g/mol. The number of para-hydroxylation sites is 2. The Balaban J connectivity index is 0.00000595. The maximum Gasteiger partial charge on any atom is 0.148 e. The summed E-state index contributed by atoms with van der Waals surface area (Å²) in [5.74, 6) is -0.168. The molecule has 318 valence electrons. The monoisotopic (exact) mass is 996 g/mol. The molecule has 4 nitrogen and oxygen atoms in total. The molecule has 0 atom stereocenters. The summed E-state index contributed by atoms with van der Waals surface area (Å²) < 4.78 is 11.6. The Morgan fingerprint density at radius 1 is 0.597 bits per heavy atom. The van der Waals surface area contributed by atoms with Gasteiger partial charge in [-0.15, -0.1) is 29.3 Å². The van der Waals surface area contributed by atoms with Crippen LogP contribution in [0.3, 0.4) is 0 Å². The van der Waals surface area contributed by atoms with E-state index in [4.69, 9.17) is 9.97 Å². The largest absolute Gasteiger partial charge is 0.507 e. The molecule has 6 aromatic carbocycles. The number of pyridine rings is 1. The van der Waals surface area contributed by atoms with Gasteiger partial charge < -0.3 is 5.11 Å². The zero-order valence-corrected chi connectivity index (χ0v) is 40.2. The summed E-state index contributed by atoms with van der Waals surface area (Å²) in [7, 11) is 0. The van der Waals surface area contributed by atoms with Crippen molar-refractivity contribution in [2.24, 2.45) is 0 Å². The Hall–Kier alpha value is -5.57. The number of rotatable bonds is 7. The number of imidazole rings is 1. The van der Waals surface area contributed by atoms with Crippen molar-refractivity contribution in [2.75, 3.05) is 0 Å². The van der Waals surface area contributed by atoms with Gasteiger partial charge in [0.15, 0.2) is 0 Å². The molecular formula is C57H58N3OPt-. The Morgan fingerprint density at radius 3 is 1.90 bits per heavy atom. The number of phenolic OH excluding ortho intramolecular Hbond substituents is 1. The van der Waals surface area contributed by atoms with Crippen LogP contribution >= 0.6 is 0 Å². The number of phenols is 1. The maximum atomic E-state index is 11.4. The number of benzene rings is 6. The Morgan fingerprint density at radius 2 is 1.24 bits per heavy atom. The summed E-state index contributed by atoms with van der Waals surface area (Å²) >= 11 is 0. The van der Waals surface area contributed by atoms with E-state index in [2.05, 4.69) is 182 Å². The molecule has 5 heteroatoms. The normalized spacial score (nSPS) is 12.6. The second kappa shape index (κ2) is 16.9. The van der Waals surface area contributed by atoms with E-state index in [1.807, 2.05) is 38.2 Å². The van der Waals surface area contributed by atoms with Crippen LogP contribution in [-0.2, 0) is 37.3 Å². The first kappa shape index (κ1) is 43.1. The van der Waals surface area contributed by atoms with Gasteiger partial charge in [-0.25, -0.2) is 4.98 Å². The van der Waals surface area contributed by atoms with Crippen molar-refractivity contribution in [3.8, 4) is 67.5 Å². The fraction of sp³-hybridized carbons (Fsp3) is 0.263. The van der Waals surface area contributed by atoms with Gasteiger partial charge in [0, 0.05) is 40.0 Å². The summed E-state index contributed by atoms with van der Waals surface area (Å²) in [6.07, 6.45) is 1.89. The smallest absolute Gasteiger partial charge is 0.148 e. The minimum atomic E-state index is -0.924. The van der Waals surface area contributed by atoms with Crippen LogP contribution < -0.4 is 0 Å². The molecule has 0 aliphatic heterocycles. The van der Waals surface area contributed by atoms with Gasteiger partial charge in [0.2, 0.25) is 0 Å². The fourth-order valence-electron chi connectivity index (χ4n) is 8.32. The van der Waals surface area contributed by atoms with Crippen molar-refractivity contribution in [3.05, 3.63) is 168 Å². The molecule has 62 heavy (non-hydrogen) atoms. The summed E-state index contributed by atoms with van der Waals surface area (Å²) in [4.78, 5) is 10.3. The van der Waals surface area contributed by atoms with Gasteiger partial charge in [-0.05, 0) is 97.5 Å². The Bertz CT molecular complexity index is 2950. The van der Waals surface area contributed by atoms with E-state index in [0.29, 0.717) is 11.4 Å². The predicted molar refractivity (Wildman–Crippen MR) is 257 cm³/mol. The first-order valence-corrected chi connectivity index (χ1v) is 21.4. The first-order valence-electron chi connectivity index (χ1n) is 21.9. The number of aromatic nitrogens is 3. The van der Waals surface area contributed by atoms with Crippen LogP contribution in [0.15, 0.2) is 140 Å². The molecule has 8 aromatic rings. The SMILES string of the molecule is [2H]C(C)(C)c1cc(-n2c(-c3ccccc3O)nc3c(-c4[c-]c(-c5cc(-c6ccc(C(C)(C)C)cc6)ccn5)cc(C(C)(C)C)c4)cccc32)ccc1-c1ccccc1C(C)(C)C.[Pt]. The van der Waals surface area contributed by atoms with Gasteiger partial charge in [0.05, 0.1) is 16.6 Å². The van der Waals surface area contributed by atoms with Crippen molar-refractivity contribution in [2.45, 2.75) is 98.3 Å². The molecule has 0 saturated carbocycles. The van der Waals surface area contributed by atoms with E-state index < -0.39 is 5.89 Å². The number of hydrogen-bond acceptors (Lipinski definition) is 3. The number of aromatic hydroxyl groups is 1. The van der Waals surface area contributed by atoms with Crippen LogP contribution in [0.1, 0.15) is 106 Å². The van der Waals surface area contributed by atoms with Gasteiger partial charge in [0.25, 0.3) is 0 Å². The zero-order chi connectivity index (χ0) is 44.4. The molecule has 8 rings (SSSR count). The van der Waals surface area contributed by atoms with Crippen molar-refractivity contribution in [1.82, 2.24) is 14.5 Å². The van der Waals surface area contributed by atoms with Crippen LogP contribution in [0.5, 0.6) is 5.75 Å². The van der Waals surface area contributed by atoms with Crippen LogP contribution in [0, 0.1) is 6.07 Å². The van der Waals surface area contributed by atoms with Gasteiger partial charge in [0.1, 0.15) is 11.6 Å². The molecule has 1 N–H and O–H groups in total. The summed E-state index contributed by atoms with van der Waals surface area (Å²) in [5.41, 5.74) is 15.6. The van der Waals surface area contributed by atoms with Crippen LogP contribution in [0.2, 0.25) is 0 Å². The van der Waals surface area contributed by atoms with Crippen LogP contribution in [0.25, 0.3) is 72.7 Å². The fourth-order valence-corrected chi connectivity index (χ4v) is 8.32. The van der Waals surface area contributed by atoms with E-state index in [1.54, 1.807) is 6.07 Å². The van der Waals surface area contributed by atoms with E-state index in [0.717, 1.165) is 72.5 Å². The van der Waals surface area contributed by atoms with Crippen molar-refractivity contribution in [1.29, 1.82) is 0 Å². The molecule has 0 aliphatic rings. The van der Waals surface area contributed by atoms with E-state index in [1.165, 1.54) is 11.1 Å². The molecule has 0 amide bonds. The second-order valence-electron chi connectivity index (χ2n) is 19.7. The van der Waals surface area contributed by atoms with Gasteiger partial charge >= 0.3 is 0 Å². The quantitative estimate of drug-likeness (QED) is 0.162. The maximum absolute atomic E-state index is 11.4. The predicted octanol–water partition coefficient (Wildman–Crippen LogP) is 15.3. The molecule has 0 aliphatic carbocycles. The minimum absolute atomic E-state index is 0. The third kappa shape index (κ3) is 8.73. The minimum Gasteiger partial charge on any atom is -0.507 e. The summed E-state index contributed by atoms with van der Waals surface area (Å²) in [6, 6.07) is 49.9. The number of fused-ring (bicyclic) bond motifs is 1. The molecule has 2 aromatic heterocycles. The summed E-state index contributed by atoms with van der Waals surface area (Å²) in [6.45, 7) is 24.0. The van der Waals surface area contributed by atoms with Gasteiger partial charge in [-0.3, -0.25) is 9.55 Å². The Kier molecular flexibility index (Phi) is 11.8. The molecule has 0 radical (unpaired) electrons. The van der Waals surface area contributed by atoms with E-state index in [-0.39, 0.29) is 43.1 Å². The Labute approximate surface area is 384 Å². The second-order valence-corrected chi connectivity index (χ2v) is 19.7. The molecule has 0 bridgehead atoms. The number of nitrogens with zero attached hydrogens (tertiary/aromatic N) is 3. The van der Waals surface area contributed by atoms with Crippen molar-refractivity contribution < 1.29 is 27.5 Å². The first-order chi connectivity index (χ1) is 29.2. The topological polar surface area (TPSA) is 50.9 Å². The molecule has 2 heterocycles. The molecule has 0 unspecified atom stereocenters. The average Bonchev–Trinajstić information content (AvgIpc) is 3.62. The molecule has 0 saturated heterocycles. The van der Waals surface area contributed by atoms with Crippen LogP contribution in [-0.4, -0.2) is 19.6 Å². The zero-order valence-electron chi connectivity index (χ0n) is 38.9. The van der Waals surface area contributed by atoms with E-state index in [9.17, 15) is 6.48 Å². The number of hydrogen-bond donors (Lipinski definition) is 1. The van der Waals surface area contributed by atoms with Crippen LogP contribution in [0.4, 0.5) is 0 Å². The molecule has 0 spiro atoms. The van der Waals surface area contributed by atoms with E-state index >= 15 is 0 Å².